The quantitative estimate of drug-likeness (QED) is 0.188. The Kier molecular flexibility index (Phi) is 10.8. The fourth-order valence-electron chi connectivity index (χ4n) is 3.47. The Morgan fingerprint density at radius 2 is 1.11 bits per heavy atom. The molecule has 0 aliphatic rings. The van der Waals surface area contributed by atoms with Crippen LogP contribution >= 0.6 is 15.9 Å². The van der Waals surface area contributed by atoms with Gasteiger partial charge in [-0.05, 0) is 85.5 Å². The van der Waals surface area contributed by atoms with Crippen LogP contribution in [0.5, 0.6) is 23.0 Å². The zero-order chi connectivity index (χ0) is 27.5. The molecule has 0 atom stereocenters. The second kappa shape index (κ2) is 14.2. The van der Waals surface area contributed by atoms with Crippen LogP contribution in [0, 0.1) is 13.8 Å². The number of carbonyl (C=O) groups excluding carboxylic acids is 1. The summed E-state index contributed by atoms with van der Waals surface area (Å²) >= 11 is 3.44. The second-order valence-corrected chi connectivity index (χ2v) is 9.64. The average Bonchev–Trinajstić information content (AvgIpc) is 2.94. The van der Waals surface area contributed by atoms with Gasteiger partial charge in [0.05, 0.1) is 14.2 Å². The summed E-state index contributed by atoms with van der Waals surface area (Å²) in [5, 5.41) is 0. The van der Waals surface area contributed by atoms with Gasteiger partial charge >= 0.3 is 0 Å². The minimum absolute atomic E-state index is 0.0410. The highest BCUT2D eigenvalue weighted by Crippen LogP contribution is 2.24. The highest BCUT2D eigenvalue weighted by Gasteiger charge is 2.06. The molecule has 198 valence electrons. The smallest absolute Gasteiger partial charge is 0.159 e. The van der Waals surface area contributed by atoms with Gasteiger partial charge < -0.3 is 18.9 Å². The lowest BCUT2D eigenvalue weighted by Crippen LogP contribution is -1.99. The largest absolute Gasteiger partial charge is 0.497 e. The summed E-state index contributed by atoms with van der Waals surface area (Å²) in [5.74, 6) is 3.37. The van der Waals surface area contributed by atoms with E-state index >= 15 is 0 Å². The van der Waals surface area contributed by atoms with Gasteiger partial charge in [0.25, 0.3) is 0 Å². The molecule has 0 heterocycles. The number of methoxy groups -OCH3 is 2. The molecule has 0 unspecified atom stereocenters. The van der Waals surface area contributed by atoms with Crippen molar-refractivity contribution in [1.82, 2.24) is 0 Å². The third kappa shape index (κ3) is 8.67. The highest BCUT2D eigenvalue weighted by atomic mass is 79.9. The number of hydrogen-bond donors (Lipinski definition) is 0. The van der Waals surface area contributed by atoms with Crippen LogP contribution in [0.25, 0.3) is 0 Å². The molecule has 0 aromatic heterocycles. The Morgan fingerprint density at radius 3 is 1.55 bits per heavy atom. The Bertz CT molecular complexity index is 1330. The standard InChI is InChI=1S/C17H18O3.C15H15BrO2/c1-12-4-7-15(13(2)18)10-17(12)20-11-14-5-8-16(19-3)9-6-14;1-11-3-6-13(16)9-15(11)18-10-12-4-7-14(17-2)8-5-12/h4-10H,11H2,1-3H3;3-9H,10H2,1-2H3. The van der Waals surface area contributed by atoms with E-state index in [0.717, 1.165) is 49.7 Å². The Balaban J connectivity index is 0.000000212. The summed E-state index contributed by atoms with van der Waals surface area (Å²) in [4.78, 5) is 11.4. The summed E-state index contributed by atoms with van der Waals surface area (Å²) in [5.41, 5.74) is 4.99. The molecule has 0 amide bonds. The average molecular weight is 578 g/mol. The number of halogens is 1. The number of hydrogen-bond acceptors (Lipinski definition) is 5. The van der Waals surface area contributed by atoms with Crippen LogP contribution in [0.1, 0.15) is 39.5 Å². The minimum Gasteiger partial charge on any atom is -0.497 e. The maximum atomic E-state index is 11.4. The summed E-state index contributed by atoms with van der Waals surface area (Å²) < 4.78 is 22.9. The van der Waals surface area contributed by atoms with Crippen LogP contribution in [0.3, 0.4) is 0 Å². The summed E-state index contributed by atoms with van der Waals surface area (Å²) in [6, 6.07) is 27.2. The molecule has 0 spiro atoms. The van der Waals surface area contributed by atoms with Crippen LogP contribution in [-0.4, -0.2) is 20.0 Å². The SMILES string of the molecule is COc1ccc(COc2cc(Br)ccc2C)cc1.COc1ccc(COc2cc(C(C)=O)ccc2C)cc1. The molecule has 0 N–H and O–H groups in total. The lowest BCUT2D eigenvalue weighted by Gasteiger charge is -2.10. The van der Waals surface area contributed by atoms with Crippen molar-refractivity contribution >= 4 is 21.7 Å². The first-order chi connectivity index (χ1) is 18.3. The van der Waals surface area contributed by atoms with E-state index in [1.54, 1.807) is 27.2 Å². The van der Waals surface area contributed by atoms with Crippen molar-refractivity contribution in [3.8, 4) is 23.0 Å². The van der Waals surface area contributed by atoms with E-state index in [2.05, 4.69) is 15.9 Å². The number of aryl methyl sites for hydroxylation is 2. The van der Waals surface area contributed by atoms with E-state index in [4.69, 9.17) is 18.9 Å². The third-order valence-corrected chi connectivity index (χ3v) is 6.34. The Labute approximate surface area is 233 Å². The zero-order valence-electron chi connectivity index (χ0n) is 22.4. The molecule has 0 fully saturated rings. The molecule has 0 aliphatic heterocycles. The van der Waals surface area contributed by atoms with Gasteiger partial charge in [-0.2, -0.15) is 0 Å². The maximum absolute atomic E-state index is 11.4. The molecule has 0 bridgehead atoms. The topological polar surface area (TPSA) is 54.0 Å². The van der Waals surface area contributed by atoms with Crippen LogP contribution in [0.15, 0.2) is 89.4 Å². The highest BCUT2D eigenvalue weighted by molar-refractivity contribution is 9.10. The summed E-state index contributed by atoms with van der Waals surface area (Å²) in [7, 11) is 3.30. The fourth-order valence-corrected chi connectivity index (χ4v) is 3.81. The van der Waals surface area contributed by atoms with Gasteiger partial charge in [0.15, 0.2) is 5.78 Å². The Morgan fingerprint density at radius 1 is 0.658 bits per heavy atom. The van der Waals surface area contributed by atoms with Gasteiger partial charge in [0, 0.05) is 10.0 Å². The molecule has 4 aromatic rings. The zero-order valence-corrected chi connectivity index (χ0v) is 24.0. The first kappa shape index (κ1) is 28.8. The molecule has 4 rings (SSSR count). The second-order valence-electron chi connectivity index (χ2n) is 8.72. The van der Waals surface area contributed by atoms with Gasteiger partial charge in [0.1, 0.15) is 36.2 Å². The van der Waals surface area contributed by atoms with Crippen molar-refractivity contribution < 1.29 is 23.7 Å². The monoisotopic (exact) mass is 576 g/mol. The molecular formula is C32H33BrO5. The molecule has 5 nitrogen and oxygen atoms in total. The molecule has 0 aliphatic carbocycles. The van der Waals surface area contributed by atoms with Crippen molar-refractivity contribution in [2.75, 3.05) is 14.2 Å². The number of ketones is 1. The van der Waals surface area contributed by atoms with E-state index in [-0.39, 0.29) is 5.78 Å². The van der Waals surface area contributed by atoms with Crippen molar-refractivity contribution in [2.24, 2.45) is 0 Å². The van der Waals surface area contributed by atoms with Gasteiger partial charge in [-0.15, -0.1) is 0 Å². The molecule has 0 radical (unpaired) electrons. The van der Waals surface area contributed by atoms with Crippen molar-refractivity contribution in [2.45, 2.75) is 34.0 Å². The van der Waals surface area contributed by atoms with Crippen LogP contribution in [-0.2, 0) is 13.2 Å². The molecule has 0 saturated carbocycles. The normalized spacial score (nSPS) is 10.2. The van der Waals surface area contributed by atoms with E-state index in [1.165, 1.54) is 0 Å². The van der Waals surface area contributed by atoms with Crippen LogP contribution in [0.4, 0.5) is 0 Å². The number of Topliss-reactive ketones (excluding diaryl/α,β-unsaturated/α-hetero) is 1. The van der Waals surface area contributed by atoms with Crippen LogP contribution in [0.2, 0.25) is 0 Å². The maximum Gasteiger partial charge on any atom is 0.159 e. The fraction of sp³-hybridized carbons (Fsp3) is 0.219. The lowest BCUT2D eigenvalue weighted by molar-refractivity contribution is 0.101. The summed E-state index contributed by atoms with van der Waals surface area (Å²) in [6.07, 6.45) is 0. The van der Waals surface area contributed by atoms with Gasteiger partial charge in [0.2, 0.25) is 0 Å². The van der Waals surface area contributed by atoms with Gasteiger partial charge in [-0.25, -0.2) is 0 Å². The molecule has 38 heavy (non-hydrogen) atoms. The molecule has 0 saturated heterocycles. The first-order valence-corrected chi connectivity index (χ1v) is 13.0. The lowest BCUT2D eigenvalue weighted by atomic mass is 10.1. The number of benzene rings is 4. The van der Waals surface area contributed by atoms with Crippen LogP contribution < -0.4 is 18.9 Å². The van der Waals surface area contributed by atoms with E-state index in [1.807, 2.05) is 92.7 Å². The molecule has 6 heteroatoms. The van der Waals surface area contributed by atoms with E-state index in [9.17, 15) is 4.79 Å². The van der Waals surface area contributed by atoms with Crippen molar-refractivity contribution in [3.05, 3.63) is 117 Å². The van der Waals surface area contributed by atoms with Crippen molar-refractivity contribution in [3.63, 3.8) is 0 Å². The minimum atomic E-state index is 0.0410. The molecular weight excluding hydrogens is 544 g/mol. The van der Waals surface area contributed by atoms with E-state index < -0.39 is 0 Å². The predicted molar refractivity (Wildman–Crippen MR) is 155 cm³/mol. The first-order valence-electron chi connectivity index (χ1n) is 12.2. The number of ether oxygens (including phenoxy) is 4. The number of carbonyl (C=O) groups is 1. The van der Waals surface area contributed by atoms with Gasteiger partial charge in [-0.1, -0.05) is 58.4 Å². The van der Waals surface area contributed by atoms with E-state index in [0.29, 0.717) is 18.8 Å². The Hall–Kier alpha value is -3.77. The third-order valence-electron chi connectivity index (χ3n) is 5.85. The molecule has 4 aromatic carbocycles. The summed E-state index contributed by atoms with van der Waals surface area (Å²) in [6.45, 7) is 6.58. The predicted octanol–water partition coefficient (Wildman–Crippen LogP) is 8.13. The van der Waals surface area contributed by atoms with Crippen molar-refractivity contribution in [1.29, 1.82) is 0 Å². The number of rotatable bonds is 9. The van der Waals surface area contributed by atoms with Gasteiger partial charge in [-0.3, -0.25) is 4.79 Å².